The number of hydrogen-bond acceptors (Lipinski definition) is 4. The number of nitrogens with zero attached hydrogens (tertiary/aromatic N) is 1. The molecule has 0 spiro atoms. The standard InChI is InChI=1S/C24H34N2O2/c1-19-7-12-23(25-4)22(18-19)24(2,3)13-5-6-20-8-10-21(11-9-20)26(14-16-27)15-17-28/h5-12,18,25,27-28H,13-17H2,1-4H3/b6-5+. The quantitative estimate of drug-likeness (QED) is 0.576. The van der Waals surface area contributed by atoms with Crippen molar-refractivity contribution in [1.82, 2.24) is 0 Å². The van der Waals surface area contributed by atoms with Gasteiger partial charge in [0.05, 0.1) is 13.2 Å². The number of aliphatic hydroxyl groups is 2. The minimum absolute atomic E-state index is 0.0276. The van der Waals surface area contributed by atoms with Crippen LogP contribution in [0.15, 0.2) is 48.5 Å². The molecule has 0 fully saturated rings. The second kappa shape index (κ2) is 10.3. The zero-order chi connectivity index (χ0) is 20.6. The number of allylic oxidation sites excluding steroid dienone is 1. The van der Waals surface area contributed by atoms with Gasteiger partial charge in [-0.15, -0.1) is 0 Å². The summed E-state index contributed by atoms with van der Waals surface area (Å²) in [4.78, 5) is 1.98. The Bertz CT molecular complexity index is 761. The van der Waals surface area contributed by atoms with E-state index in [-0.39, 0.29) is 18.6 Å². The van der Waals surface area contributed by atoms with Gasteiger partial charge in [-0.05, 0) is 48.1 Å². The van der Waals surface area contributed by atoms with Crippen LogP contribution in [0, 0.1) is 6.92 Å². The molecule has 0 bridgehead atoms. The van der Waals surface area contributed by atoms with Gasteiger partial charge < -0.3 is 20.4 Å². The molecule has 0 unspecified atom stereocenters. The van der Waals surface area contributed by atoms with Crippen LogP contribution in [0.25, 0.3) is 6.08 Å². The van der Waals surface area contributed by atoms with E-state index in [0.717, 1.165) is 17.7 Å². The SMILES string of the molecule is CNc1ccc(C)cc1C(C)(C)C/C=C/c1ccc(N(CCO)CCO)cc1. The molecule has 0 atom stereocenters. The Labute approximate surface area is 169 Å². The fourth-order valence-electron chi connectivity index (χ4n) is 3.44. The normalized spacial score (nSPS) is 11.8. The molecule has 0 saturated carbocycles. The van der Waals surface area contributed by atoms with Crippen LogP contribution >= 0.6 is 0 Å². The van der Waals surface area contributed by atoms with Gasteiger partial charge in [-0.1, -0.05) is 55.8 Å². The number of aliphatic hydroxyl groups excluding tert-OH is 2. The van der Waals surface area contributed by atoms with Gasteiger partial charge in [-0.2, -0.15) is 0 Å². The molecular formula is C24H34N2O2. The summed E-state index contributed by atoms with van der Waals surface area (Å²) < 4.78 is 0. The Balaban J connectivity index is 2.08. The molecule has 0 amide bonds. The first kappa shape index (κ1) is 22.0. The highest BCUT2D eigenvalue weighted by atomic mass is 16.3. The lowest BCUT2D eigenvalue weighted by molar-refractivity contribution is 0.281. The summed E-state index contributed by atoms with van der Waals surface area (Å²) in [6, 6.07) is 14.8. The number of hydrogen-bond donors (Lipinski definition) is 3. The van der Waals surface area contributed by atoms with Crippen LogP contribution < -0.4 is 10.2 Å². The maximum atomic E-state index is 9.18. The highest BCUT2D eigenvalue weighted by Gasteiger charge is 2.22. The lowest BCUT2D eigenvalue weighted by Crippen LogP contribution is -2.29. The van der Waals surface area contributed by atoms with Crippen LogP contribution in [-0.2, 0) is 5.41 Å². The molecule has 4 nitrogen and oxygen atoms in total. The van der Waals surface area contributed by atoms with Crippen molar-refractivity contribution in [2.24, 2.45) is 0 Å². The van der Waals surface area contributed by atoms with Crippen LogP contribution in [0.2, 0.25) is 0 Å². The molecule has 0 saturated heterocycles. The van der Waals surface area contributed by atoms with E-state index in [1.54, 1.807) is 0 Å². The minimum Gasteiger partial charge on any atom is -0.395 e. The summed E-state index contributed by atoms with van der Waals surface area (Å²) in [6.45, 7) is 7.87. The fraction of sp³-hybridized carbons (Fsp3) is 0.417. The molecule has 28 heavy (non-hydrogen) atoms. The predicted octanol–water partition coefficient (Wildman–Crippen LogP) is 4.21. The Morgan fingerprint density at radius 1 is 1.00 bits per heavy atom. The number of rotatable bonds is 10. The van der Waals surface area contributed by atoms with Crippen LogP contribution in [0.4, 0.5) is 11.4 Å². The van der Waals surface area contributed by atoms with Crippen molar-refractivity contribution in [2.45, 2.75) is 32.6 Å². The second-order valence-electron chi connectivity index (χ2n) is 7.82. The van der Waals surface area contributed by atoms with Gasteiger partial charge in [0, 0.05) is 31.5 Å². The van der Waals surface area contributed by atoms with E-state index in [9.17, 15) is 10.2 Å². The maximum Gasteiger partial charge on any atom is 0.0606 e. The second-order valence-corrected chi connectivity index (χ2v) is 7.82. The lowest BCUT2D eigenvalue weighted by Gasteiger charge is -2.27. The van der Waals surface area contributed by atoms with Crippen LogP contribution in [0.3, 0.4) is 0 Å². The summed E-state index contributed by atoms with van der Waals surface area (Å²) >= 11 is 0. The number of aryl methyl sites for hydroxylation is 1. The Morgan fingerprint density at radius 3 is 2.21 bits per heavy atom. The Hall–Kier alpha value is -2.30. The molecule has 0 heterocycles. The predicted molar refractivity (Wildman–Crippen MR) is 120 cm³/mol. The molecule has 3 N–H and O–H groups in total. The maximum absolute atomic E-state index is 9.18. The van der Waals surface area contributed by atoms with E-state index in [2.05, 4.69) is 68.6 Å². The molecule has 0 aromatic heterocycles. The zero-order valence-electron chi connectivity index (χ0n) is 17.6. The topological polar surface area (TPSA) is 55.7 Å². The van der Waals surface area contributed by atoms with Crippen molar-refractivity contribution < 1.29 is 10.2 Å². The highest BCUT2D eigenvalue weighted by molar-refractivity contribution is 5.58. The fourth-order valence-corrected chi connectivity index (χ4v) is 3.44. The molecule has 2 aromatic rings. The summed E-state index contributed by atoms with van der Waals surface area (Å²) in [5.74, 6) is 0. The van der Waals surface area contributed by atoms with Gasteiger partial charge in [-0.25, -0.2) is 0 Å². The van der Waals surface area contributed by atoms with Crippen LogP contribution in [0.1, 0.15) is 37.0 Å². The van der Waals surface area contributed by atoms with Crippen LogP contribution in [-0.4, -0.2) is 43.6 Å². The van der Waals surface area contributed by atoms with Gasteiger partial charge in [0.2, 0.25) is 0 Å². The first-order valence-corrected chi connectivity index (χ1v) is 9.93. The molecule has 4 heteroatoms. The van der Waals surface area contributed by atoms with Gasteiger partial charge in [-0.3, -0.25) is 0 Å². The third-order valence-electron chi connectivity index (χ3n) is 5.11. The summed E-state index contributed by atoms with van der Waals surface area (Å²) in [5, 5.41) is 21.7. The first-order chi connectivity index (χ1) is 13.4. The van der Waals surface area contributed by atoms with Crippen molar-refractivity contribution >= 4 is 17.5 Å². The number of nitrogens with one attached hydrogen (secondary N) is 1. The molecule has 0 aliphatic rings. The van der Waals surface area contributed by atoms with Crippen molar-refractivity contribution in [3.8, 4) is 0 Å². The average Bonchev–Trinajstić information content (AvgIpc) is 2.68. The smallest absolute Gasteiger partial charge is 0.0606 e. The third kappa shape index (κ3) is 5.85. The largest absolute Gasteiger partial charge is 0.395 e. The Morgan fingerprint density at radius 2 is 1.64 bits per heavy atom. The van der Waals surface area contributed by atoms with Crippen molar-refractivity contribution in [2.75, 3.05) is 43.6 Å². The lowest BCUT2D eigenvalue weighted by atomic mass is 9.79. The van der Waals surface area contributed by atoms with Gasteiger partial charge >= 0.3 is 0 Å². The molecular weight excluding hydrogens is 348 g/mol. The van der Waals surface area contributed by atoms with Crippen LogP contribution in [0.5, 0.6) is 0 Å². The van der Waals surface area contributed by atoms with Crippen molar-refractivity contribution in [3.63, 3.8) is 0 Å². The molecule has 0 aliphatic heterocycles. The summed E-state index contributed by atoms with van der Waals surface area (Å²) in [7, 11) is 1.97. The van der Waals surface area contributed by atoms with E-state index >= 15 is 0 Å². The summed E-state index contributed by atoms with van der Waals surface area (Å²) in [5.41, 5.74) is 5.97. The van der Waals surface area contributed by atoms with E-state index in [0.29, 0.717) is 13.1 Å². The number of benzene rings is 2. The first-order valence-electron chi connectivity index (χ1n) is 9.93. The van der Waals surface area contributed by atoms with Gasteiger partial charge in [0.15, 0.2) is 0 Å². The number of anilines is 2. The van der Waals surface area contributed by atoms with E-state index in [1.807, 2.05) is 24.1 Å². The van der Waals surface area contributed by atoms with Gasteiger partial charge in [0.25, 0.3) is 0 Å². The minimum atomic E-state index is 0.0276. The highest BCUT2D eigenvalue weighted by Crippen LogP contribution is 2.34. The van der Waals surface area contributed by atoms with E-state index in [4.69, 9.17) is 0 Å². The third-order valence-corrected chi connectivity index (χ3v) is 5.11. The average molecular weight is 383 g/mol. The van der Waals surface area contributed by atoms with E-state index in [1.165, 1.54) is 16.8 Å². The molecule has 0 radical (unpaired) electrons. The Kier molecular flexibility index (Phi) is 8.09. The molecule has 2 rings (SSSR count). The van der Waals surface area contributed by atoms with Crippen molar-refractivity contribution in [1.29, 1.82) is 0 Å². The zero-order valence-corrected chi connectivity index (χ0v) is 17.6. The summed E-state index contributed by atoms with van der Waals surface area (Å²) in [6.07, 6.45) is 5.33. The van der Waals surface area contributed by atoms with Crippen molar-refractivity contribution in [3.05, 3.63) is 65.2 Å². The monoisotopic (exact) mass is 382 g/mol. The van der Waals surface area contributed by atoms with Gasteiger partial charge in [0.1, 0.15) is 0 Å². The molecule has 2 aromatic carbocycles. The molecule has 152 valence electrons. The molecule has 0 aliphatic carbocycles. The van der Waals surface area contributed by atoms with E-state index < -0.39 is 0 Å².